The molecule has 0 aromatic carbocycles. The summed E-state index contributed by atoms with van der Waals surface area (Å²) in [6, 6.07) is 0. The van der Waals surface area contributed by atoms with Crippen molar-refractivity contribution in [1.29, 1.82) is 0 Å². The Hall–Kier alpha value is -1.95. The van der Waals surface area contributed by atoms with Crippen LogP contribution in [0.3, 0.4) is 0 Å². The molecule has 0 aliphatic carbocycles. The molecule has 0 amide bonds. The second-order valence-electron chi connectivity index (χ2n) is 6.44. The number of aromatic nitrogens is 4. The zero-order chi connectivity index (χ0) is 16.1. The van der Waals surface area contributed by atoms with Crippen LogP contribution < -0.4 is 5.32 Å². The highest BCUT2D eigenvalue weighted by Gasteiger charge is 2.18. The third-order valence-electron chi connectivity index (χ3n) is 4.56. The van der Waals surface area contributed by atoms with Crippen LogP contribution in [0.15, 0.2) is 24.8 Å². The normalized spacial score (nSPS) is 19.5. The third-order valence-corrected chi connectivity index (χ3v) is 4.56. The average Bonchev–Trinajstić information content (AvgIpc) is 2.84. The Labute approximate surface area is 137 Å². The fraction of sp³-hybridized carbons (Fsp3) is 0.588. The van der Waals surface area contributed by atoms with Crippen molar-refractivity contribution in [3.05, 3.63) is 36.0 Å². The van der Waals surface area contributed by atoms with Gasteiger partial charge in [0.2, 0.25) is 0 Å². The lowest BCUT2D eigenvalue weighted by Crippen LogP contribution is -2.24. The van der Waals surface area contributed by atoms with Gasteiger partial charge in [0.25, 0.3) is 0 Å². The number of aryl methyl sites for hydroxylation is 1. The van der Waals surface area contributed by atoms with Gasteiger partial charge in [-0.2, -0.15) is 5.10 Å². The number of rotatable bonds is 5. The highest BCUT2D eigenvalue weighted by Crippen LogP contribution is 2.22. The molecular weight excluding hydrogens is 288 g/mol. The number of likely N-dealkylation sites (tertiary alicyclic amines) is 1. The molecule has 6 heteroatoms. The van der Waals surface area contributed by atoms with E-state index in [0.29, 0.717) is 5.92 Å². The van der Waals surface area contributed by atoms with E-state index >= 15 is 0 Å². The molecule has 1 aliphatic heterocycles. The molecule has 0 saturated carbocycles. The van der Waals surface area contributed by atoms with Crippen LogP contribution in [0.5, 0.6) is 0 Å². The zero-order valence-electron chi connectivity index (χ0n) is 14.1. The molecule has 2 aromatic heterocycles. The average molecular weight is 314 g/mol. The van der Waals surface area contributed by atoms with Crippen LogP contribution in [0.2, 0.25) is 0 Å². The molecule has 3 heterocycles. The van der Waals surface area contributed by atoms with Crippen molar-refractivity contribution in [2.75, 3.05) is 25.5 Å². The van der Waals surface area contributed by atoms with E-state index in [1.54, 1.807) is 0 Å². The summed E-state index contributed by atoms with van der Waals surface area (Å²) in [5.74, 6) is 1.54. The molecule has 124 valence electrons. The van der Waals surface area contributed by atoms with Gasteiger partial charge in [-0.05, 0) is 44.7 Å². The first kappa shape index (κ1) is 15.9. The molecule has 1 saturated heterocycles. The standard InChI is InChI=1S/C17H26N6/c1-18-17-11-19-16(10-20-17)8-14-4-3-6-23(7-5-14)13-15-9-21-22(2)12-15/h9-12,14H,3-8,13H2,1-2H3,(H,18,20)/t14-/m0/s1. The summed E-state index contributed by atoms with van der Waals surface area (Å²) in [4.78, 5) is 11.4. The molecule has 1 N–H and O–H groups in total. The Morgan fingerprint density at radius 2 is 2.09 bits per heavy atom. The van der Waals surface area contributed by atoms with Crippen molar-refractivity contribution < 1.29 is 0 Å². The molecule has 23 heavy (non-hydrogen) atoms. The largest absolute Gasteiger partial charge is 0.372 e. The van der Waals surface area contributed by atoms with Crippen molar-refractivity contribution in [2.45, 2.75) is 32.2 Å². The molecule has 0 radical (unpaired) electrons. The van der Waals surface area contributed by atoms with E-state index in [1.165, 1.54) is 31.4 Å². The minimum atomic E-state index is 0.712. The summed E-state index contributed by atoms with van der Waals surface area (Å²) in [5.41, 5.74) is 2.41. The molecule has 0 spiro atoms. The van der Waals surface area contributed by atoms with Crippen LogP contribution in [-0.2, 0) is 20.0 Å². The van der Waals surface area contributed by atoms with Crippen molar-refractivity contribution >= 4 is 5.82 Å². The number of hydrogen-bond donors (Lipinski definition) is 1. The van der Waals surface area contributed by atoms with Crippen LogP contribution in [0.4, 0.5) is 5.82 Å². The lowest BCUT2D eigenvalue weighted by atomic mass is 9.95. The second-order valence-corrected chi connectivity index (χ2v) is 6.44. The Kier molecular flexibility index (Phi) is 5.23. The second kappa shape index (κ2) is 7.55. The van der Waals surface area contributed by atoms with Gasteiger partial charge in [0.15, 0.2) is 0 Å². The van der Waals surface area contributed by atoms with E-state index < -0.39 is 0 Å². The number of anilines is 1. The van der Waals surface area contributed by atoms with Gasteiger partial charge < -0.3 is 5.32 Å². The fourth-order valence-corrected chi connectivity index (χ4v) is 3.28. The summed E-state index contributed by atoms with van der Waals surface area (Å²) in [6.45, 7) is 3.34. The molecule has 3 rings (SSSR count). The van der Waals surface area contributed by atoms with Gasteiger partial charge in [-0.3, -0.25) is 14.6 Å². The van der Waals surface area contributed by atoms with E-state index in [4.69, 9.17) is 0 Å². The van der Waals surface area contributed by atoms with Crippen molar-refractivity contribution in [2.24, 2.45) is 13.0 Å². The molecule has 0 unspecified atom stereocenters. The van der Waals surface area contributed by atoms with Crippen LogP contribution in [0.1, 0.15) is 30.5 Å². The van der Waals surface area contributed by atoms with Crippen molar-refractivity contribution in [1.82, 2.24) is 24.6 Å². The van der Waals surface area contributed by atoms with Gasteiger partial charge in [0, 0.05) is 32.4 Å². The number of nitrogens with one attached hydrogen (secondary N) is 1. The predicted octanol–water partition coefficient (Wildman–Crippen LogP) is 2.10. The minimum Gasteiger partial charge on any atom is -0.372 e. The lowest BCUT2D eigenvalue weighted by Gasteiger charge is -2.19. The van der Waals surface area contributed by atoms with E-state index in [1.807, 2.05) is 37.4 Å². The molecule has 2 aromatic rings. The van der Waals surface area contributed by atoms with Gasteiger partial charge in [-0.15, -0.1) is 0 Å². The molecule has 1 fully saturated rings. The zero-order valence-corrected chi connectivity index (χ0v) is 14.1. The summed E-state index contributed by atoms with van der Waals surface area (Å²) >= 11 is 0. The van der Waals surface area contributed by atoms with Crippen LogP contribution >= 0.6 is 0 Å². The molecule has 1 atom stereocenters. The first-order valence-corrected chi connectivity index (χ1v) is 8.41. The monoisotopic (exact) mass is 314 g/mol. The maximum atomic E-state index is 4.51. The summed E-state index contributed by atoms with van der Waals surface area (Å²) < 4.78 is 1.88. The molecule has 6 nitrogen and oxygen atoms in total. The van der Waals surface area contributed by atoms with E-state index in [2.05, 4.69) is 31.5 Å². The van der Waals surface area contributed by atoms with Crippen LogP contribution in [-0.4, -0.2) is 44.8 Å². The van der Waals surface area contributed by atoms with Crippen LogP contribution in [0.25, 0.3) is 0 Å². The Balaban J connectivity index is 1.51. The summed E-state index contributed by atoms with van der Waals surface area (Å²) in [6.07, 6.45) is 12.6. The maximum absolute atomic E-state index is 4.51. The smallest absolute Gasteiger partial charge is 0.144 e. The number of nitrogens with zero attached hydrogens (tertiary/aromatic N) is 5. The fourth-order valence-electron chi connectivity index (χ4n) is 3.28. The Morgan fingerprint density at radius 1 is 1.17 bits per heavy atom. The highest BCUT2D eigenvalue weighted by atomic mass is 15.2. The van der Waals surface area contributed by atoms with Crippen LogP contribution in [0, 0.1) is 5.92 Å². The maximum Gasteiger partial charge on any atom is 0.144 e. The van der Waals surface area contributed by atoms with Crippen molar-refractivity contribution in [3.63, 3.8) is 0 Å². The molecule has 1 aliphatic rings. The number of hydrogen-bond acceptors (Lipinski definition) is 5. The Bertz CT molecular complexity index is 606. The van der Waals surface area contributed by atoms with Gasteiger partial charge in [-0.25, -0.2) is 4.98 Å². The molecule has 0 bridgehead atoms. The Morgan fingerprint density at radius 3 is 2.78 bits per heavy atom. The van der Waals surface area contributed by atoms with Gasteiger partial charge >= 0.3 is 0 Å². The first-order valence-electron chi connectivity index (χ1n) is 8.41. The van der Waals surface area contributed by atoms with E-state index in [0.717, 1.165) is 31.0 Å². The SMILES string of the molecule is CNc1cnc(C[C@H]2CCCN(Cc3cnn(C)c3)CC2)cn1. The summed E-state index contributed by atoms with van der Waals surface area (Å²) in [7, 11) is 3.84. The lowest BCUT2D eigenvalue weighted by molar-refractivity contribution is 0.272. The summed E-state index contributed by atoms with van der Waals surface area (Å²) in [5, 5.41) is 7.27. The third kappa shape index (κ3) is 4.51. The minimum absolute atomic E-state index is 0.712. The van der Waals surface area contributed by atoms with E-state index in [9.17, 15) is 0 Å². The predicted molar refractivity (Wildman–Crippen MR) is 91.1 cm³/mol. The topological polar surface area (TPSA) is 58.9 Å². The quantitative estimate of drug-likeness (QED) is 0.916. The van der Waals surface area contributed by atoms with Gasteiger partial charge in [-0.1, -0.05) is 0 Å². The van der Waals surface area contributed by atoms with Gasteiger partial charge in [0.05, 0.1) is 24.3 Å². The van der Waals surface area contributed by atoms with Gasteiger partial charge in [0.1, 0.15) is 5.82 Å². The van der Waals surface area contributed by atoms with Crippen molar-refractivity contribution in [3.8, 4) is 0 Å². The van der Waals surface area contributed by atoms with E-state index in [-0.39, 0.29) is 0 Å². The first-order chi connectivity index (χ1) is 11.2. The molecular formula is C17H26N6. The highest BCUT2D eigenvalue weighted by molar-refractivity contribution is 5.29.